The van der Waals surface area contributed by atoms with E-state index in [4.69, 9.17) is 5.73 Å². The molecule has 0 spiro atoms. The van der Waals surface area contributed by atoms with Crippen LogP contribution in [0.15, 0.2) is 24.3 Å². The number of benzene rings is 1. The van der Waals surface area contributed by atoms with E-state index in [-0.39, 0.29) is 5.82 Å². The van der Waals surface area contributed by atoms with Gasteiger partial charge in [0.25, 0.3) is 0 Å². The predicted molar refractivity (Wildman–Crippen MR) is 61.2 cm³/mol. The van der Waals surface area contributed by atoms with Crippen LogP contribution in [0, 0.1) is 5.82 Å². The number of carbonyl (C=O) groups is 1. The van der Waals surface area contributed by atoms with E-state index in [9.17, 15) is 9.18 Å². The molecule has 1 unspecified atom stereocenters. The van der Waals surface area contributed by atoms with E-state index in [1.165, 1.54) is 12.1 Å². The molecule has 4 heteroatoms. The van der Waals surface area contributed by atoms with Crippen molar-refractivity contribution in [3.8, 4) is 0 Å². The van der Waals surface area contributed by atoms with E-state index < -0.39 is 11.4 Å². The van der Waals surface area contributed by atoms with Gasteiger partial charge in [0.1, 0.15) is 11.4 Å². The highest BCUT2D eigenvalue weighted by Crippen LogP contribution is 2.24. The molecule has 1 aromatic carbocycles. The van der Waals surface area contributed by atoms with Crippen LogP contribution in [0.3, 0.4) is 0 Å². The molecule has 88 valence electrons. The zero-order chi connectivity index (χ0) is 12.2. The molecule has 0 heterocycles. The first-order valence-corrected chi connectivity index (χ1v) is 5.37. The van der Waals surface area contributed by atoms with Crippen LogP contribution in [-0.4, -0.2) is 12.5 Å². The first kappa shape index (κ1) is 12.6. The molecule has 16 heavy (non-hydrogen) atoms. The lowest BCUT2D eigenvalue weighted by molar-refractivity contribution is -0.125. The van der Waals surface area contributed by atoms with Crippen LogP contribution in [0.1, 0.15) is 25.8 Å². The van der Waals surface area contributed by atoms with Gasteiger partial charge in [0, 0.05) is 0 Å². The van der Waals surface area contributed by atoms with Crippen molar-refractivity contribution < 1.29 is 9.18 Å². The Balaban J connectivity index is 3.18. The minimum absolute atomic E-state index is 0.324. The molecule has 0 radical (unpaired) electrons. The number of hydrogen-bond acceptors (Lipinski definition) is 2. The lowest BCUT2D eigenvalue weighted by Crippen LogP contribution is -2.52. The second-order valence-electron chi connectivity index (χ2n) is 3.66. The van der Waals surface area contributed by atoms with Crippen LogP contribution < -0.4 is 11.1 Å². The molecule has 0 aliphatic carbocycles. The van der Waals surface area contributed by atoms with Gasteiger partial charge in [-0.2, -0.15) is 0 Å². The van der Waals surface area contributed by atoms with Gasteiger partial charge in [-0.15, -0.1) is 0 Å². The van der Waals surface area contributed by atoms with Gasteiger partial charge in [-0.1, -0.05) is 26.0 Å². The Labute approximate surface area is 94.8 Å². The van der Waals surface area contributed by atoms with Gasteiger partial charge >= 0.3 is 0 Å². The fourth-order valence-corrected chi connectivity index (χ4v) is 1.87. The Bertz CT molecular complexity index is 364. The van der Waals surface area contributed by atoms with E-state index in [1.807, 2.05) is 13.8 Å². The maximum Gasteiger partial charge on any atom is 0.242 e. The van der Waals surface area contributed by atoms with Crippen molar-refractivity contribution in [2.45, 2.75) is 25.8 Å². The van der Waals surface area contributed by atoms with Crippen LogP contribution in [-0.2, 0) is 10.3 Å². The van der Waals surface area contributed by atoms with E-state index in [0.717, 1.165) is 0 Å². The molecule has 0 fully saturated rings. The quantitative estimate of drug-likeness (QED) is 0.796. The zero-order valence-corrected chi connectivity index (χ0v) is 9.59. The second-order valence-corrected chi connectivity index (χ2v) is 3.66. The average Bonchev–Trinajstić information content (AvgIpc) is 2.27. The highest BCUT2D eigenvalue weighted by molar-refractivity contribution is 5.86. The number of rotatable bonds is 5. The molecule has 0 saturated heterocycles. The summed E-state index contributed by atoms with van der Waals surface area (Å²) in [7, 11) is 0. The van der Waals surface area contributed by atoms with Crippen LogP contribution in [0.4, 0.5) is 4.39 Å². The SMILES string of the molecule is CCNC(CC)(C(N)=O)c1ccc(F)cc1. The molecule has 0 saturated carbocycles. The molecule has 1 rings (SSSR count). The zero-order valence-electron chi connectivity index (χ0n) is 9.59. The van der Waals surface area contributed by atoms with E-state index >= 15 is 0 Å². The first-order chi connectivity index (χ1) is 7.56. The number of hydrogen-bond donors (Lipinski definition) is 2. The number of amides is 1. The molecule has 3 nitrogen and oxygen atoms in total. The minimum atomic E-state index is -0.900. The number of nitrogens with one attached hydrogen (secondary N) is 1. The molecule has 0 aliphatic rings. The van der Waals surface area contributed by atoms with E-state index in [0.29, 0.717) is 18.5 Å². The Morgan fingerprint density at radius 1 is 1.38 bits per heavy atom. The molecule has 0 bridgehead atoms. The average molecular weight is 224 g/mol. The largest absolute Gasteiger partial charge is 0.368 e. The Kier molecular flexibility index (Phi) is 4.01. The molecule has 0 aromatic heterocycles. The van der Waals surface area contributed by atoms with Crippen LogP contribution >= 0.6 is 0 Å². The van der Waals surface area contributed by atoms with Crippen molar-refractivity contribution in [3.05, 3.63) is 35.6 Å². The van der Waals surface area contributed by atoms with Gasteiger partial charge in [-0.3, -0.25) is 10.1 Å². The lowest BCUT2D eigenvalue weighted by atomic mass is 9.86. The van der Waals surface area contributed by atoms with E-state index in [2.05, 4.69) is 5.32 Å². The molecule has 1 amide bonds. The summed E-state index contributed by atoms with van der Waals surface area (Å²) in [5.41, 5.74) is 5.24. The normalized spacial score (nSPS) is 14.4. The summed E-state index contributed by atoms with van der Waals surface area (Å²) in [6.07, 6.45) is 0.530. The Morgan fingerprint density at radius 2 is 1.94 bits per heavy atom. The summed E-state index contributed by atoms with van der Waals surface area (Å²) in [5.74, 6) is -0.766. The second kappa shape index (κ2) is 5.07. The fraction of sp³-hybridized carbons (Fsp3) is 0.417. The monoisotopic (exact) mass is 224 g/mol. The molecular formula is C12H17FN2O. The lowest BCUT2D eigenvalue weighted by Gasteiger charge is -2.30. The topological polar surface area (TPSA) is 55.1 Å². The maximum atomic E-state index is 12.8. The number of nitrogens with two attached hydrogens (primary N) is 1. The first-order valence-electron chi connectivity index (χ1n) is 5.37. The molecule has 0 aliphatic heterocycles. The van der Waals surface area contributed by atoms with Gasteiger partial charge in [-0.25, -0.2) is 4.39 Å². The summed E-state index contributed by atoms with van der Waals surface area (Å²) < 4.78 is 12.8. The van der Waals surface area contributed by atoms with Crippen LogP contribution in [0.25, 0.3) is 0 Å². The maximum absolute atomic E-state index is 12.8. The molecular weight excluding hydrogens is 207 g/mol. The van der Waals surface area contributed by atoms with E-state index in [1.54, 1.807) is 12.1 Å². The molecule has 3 N–H and O–H groups in total. The summed E-state index contributed by atoms with van der Waals surface area (Å²) in [6, 6.07) is 5.85. The van der Waals surface area contributed by atoms with Crippen molar-refractivity contribution in [1.82, 2.24) is 5.32 Å². The van der Waals surface area contributed by atoms with Gasteiger partial charge in [-0.05, 0) is 30.7 Å². The number of carbonyl (C=O) groups excluding carboxylic acids is 1. The highest BCUT2D eigenvalue weighted by atomic mass is 19.1. The third kappa shape index (κ3) is 2.22. The summed E-state index contributed by atoms with van der Waals surface area (Å²) in [6.45, 7) is 4.39. The third-order valence-corrected chi connectivity index (χ3v) is 2.77. The number of halogens is 1. The standard InChI is InChI=1S/C12H17FN2O/c1-3-12(11(14)16,15-4-2)9-5-7-10(13)8-6-9/h5-8,15H,3-4H2,1-2H3,(H2,14,16). The van der Waals surface area contributed by atoms with Crippen LogP contribution in [0.5, 0.6) is 0 Å². The number of primary amides is 1. The van der Waals surface area contributed by atoms with Crippen molar-refractivity contribution in [2.24, 2.45) is 5.73 Å². The van der Waals surface area contributed by atoms with Crippen molar-refractivity contribution in [2.75, 3.05) is 6.54 Å². The van der Waals surface area contributed by atoms with Crippen LogP contribution in [0.2, 0.25) is 0 Å². The number of likely N-dealkylation sites (N-methyl/N-ethyl adjacent to an activating group) is 1. The highest BCUT2D eigenvalue weighted by Gasteiger charge is 2.35. The van der Waals surface area contributed by atoms with Gasteiger partial charge in [0.2, 0.25) is 5.91 Å². The fourth-order valence-electron chi connectivity index (χ4n) is 1.87. The minimum Gasteiger partial charge on any atom is -0.368 e. The molecule has 1 aromatic rings. The van der Waals surface area contributed by atoms with Gasteiger partial charge in [0.15, 0.2) is 0 Å². The molecule has 1 atom stereocenters. The smallest absolute Gasteiger partial charge is 0.242 e. The Morgan fingerprint density at radius 3 is 2.31 bits per heavy atom. The van der Waals surface area contributed by atoms with Crippen molar-refractivity contribution >= 4 is 5.91 Å². The summed E-state index contributed by atoms with van der Waals surface area (Å²) in [5, 5.41) is 3.08. The predicted octanol–water partition coefficient (Wildman–Crippen LogP) is 1.53. The van der Waals surface area contributed by atoms with Crippen molar-refractivity contribution in [3.63, 3.8) is 0 Å². The Hall–Kier alpha value is -1.42. The third-order valence-electron chi connectivity index (χ3n) is 2.77. The van der Waals surface area contributed by atoms with Crippen molar-refractivity contribution in [1.29, 1.82) is 0 Å². The summed E-state index contributed by atoms with van der Waals surface area (Å²) in [4.78, 5) is 11.6. The van der Waals surface area contributed by atoms with Gasteiger partial charge in [0.05, 0.1) is 0 Å². The summed E-state index contributed by atoms with van der Waals surface area (Å²) >= 11 is 0. The van der Waals surface area contributed by atoms with Gasteiger partial charge < -0.3 is 5.73 Å².